The molecule has 0 saturated carbocycles. The zero-order chi connectivity index (χ0) is 15.5. The Balaban J connectivity index is 0.00000242. The molecule has 0 unspecified atom stereocenters. The Hall–Kier alpha value is -1.05. The quantitative estimate of drug-likeness (QED) is 0.825. The van der Waals surface area contributed by atoms with Crippen molar-refractivity contribution < 1.29 is 22.7 Å². The molecule has 2 N–H and O–H groups in total. The van der Waals surface area contributed by atoms with Gasteiger partial charge in [-0.05, 0) is 12.5 Å². The molecule has 0 spiro atoms. The van der Waals surface area contributed by atoms with Gasteiger partial charge in [-0.2, -0.15) is 13.2 Å². The summed E-state index contributed by atoms with van der Waals surface area (Å²) in [4.78, 5) is 1.86. The normalized spacial score (nSPS) is 17.8. The van der Waals surface area contributed by atoms with E-state index in [2.05, 4.69) is 5.32 Å². The number of aromatic hydroxyl groups is 1. The largest absolute Gasteiger partial charge is 0.505 e. The number of piperazine rings is 1. The highest BCUT2D eigenvalue weighted by atomic mass is 35.5. The molecule has 1 aromatic carbocycles. The molecule has 1 fully saturated rings. The zero-order valence-electron chi connectivity index (χ0n) is 11.9. The first kappa shape index (κ1) is 19.0. The smallest absolute Gasteiger partial charge is 0.389 e. The molecule has 2 rings (SSSR count). The van der Waals surface area contributed by atoms with Crippen molar-refractivity contribution in [3.63, 3.8) is 0 Å². The van der Waals surface area contributed by atoms with Crippen molar-refractivity contribution in [2.45, 2.75) is 25.1 Å². The number of phenolic OH excluding ortho intramolecular Hbond substituents is 1. The van der Waals surface area contributed by atoms with Crippen LogP contribution in [0.3, 0.4) is 0 Å². The molecule has 1 atom stereocenters. The van der Waals surface area contributed by atoms with E-state index >= 15 is 0 Å². The topological polar surface area (TPSA) is 35.5 Å². The molecule has 0 bridgehead atoms. The highest BCUT2D eigenvalue weighted by Crippen LogP contribution is 2.36. The van der Waals surface area contributed by atoms with E-state index < -0.39 is 30.2 Å². The lowest BCUT2D eigenvalue weighted by Crippen LogP contribution is -2.45. The predicted molar refractivity (Wildman–Crippen MR) is 77.8 cm³/mol. The summed E-state index contributed by atoms with van der Waals surface area (Å²) in [5.74, 6) is -1.36. The zero-order valence-corrected chi connectivity index (χ0v) is 12.7. The van der Waals surface area contributed by atoms with Gasteiger partial charge in [0.15, 0.2) is 11.6 Å². The van der Waals surface area contributed by atoms with Crippen LogP contribution in [0.5, 0.6) is 5.75 Å². The van der Waals surface area contributed by atoms with Gasteiger partial charge in [-0.25, -0.2) is 4.39 Å². The van der Waals surface area contributed by atoms with Gasteiger partial charge >= 0.3 is 6.18 Å². The summed E-state index contributed by atoms with van der Waals surface area (Å²) in [5.41, 5.74) is 0.223. The second-order valence-corrected chi connectivity index (χ2v) is 5.13. The van der Waals surface area contributed by atoms with Gasteiger partial charge in [0.2, 0.25) is 0 Å². The predicted octanol–water partition coefficient (Wildman–Crippen LogP) is 3.24. The van der Waals surface area contributed by atoms with Crippen LogP contribution < -0.4 is 5.32 Å². The van der Waals surface area contributed by atoms with Gasteiger partial charge in [0.1, 0.15) is 0 Å². The third-order valence-electron chi connectivity index (χ3n) is 3.67. The Morgan fingerprint density at radius 3 is 2.45 bits per heavy atom. The van der Waals surface area contributed by atoms with Crippen molar-refractivity contribution in [1.82, 2.24) is 10.2 Å². The first-order valence-electron chi connectivity index (χ1n) is 6.87. The number of halogens is 5. The van der Waals surface area contributed by atoms with Gasteiger partial charge in [-0.1, -0.05) is 12.1 Å². The Labute approximate surface area is 132 Å². The Kier molecular flexibility index (Phi) is 6.90. The third kappa shape index (κ3) is 5.00. The molecule has 0 aliphatic carbocycles. The molecule has 3 nitrogen and oxygen atoms in total. The monoisotopic (exact) mass is 342 g/mol. The fraction of sp³-hybridized carbons (Fsp3) is 0.571. The standard InChI is InChI=1S/C14H18F4N2O.ClH/c15-11-3-1-2-10(13(11)21)12(4-5-14(16,17)18)20-8-6-19-7-9-20;/h1-3,12,19,21H,4-9H2;1H/t12-;/m1./s1. The first-order chi connectivity index (χ1) is 9.88. The average molecular weight is 343 g/mol. The molecule has 0 radical (unpaired) electrons. The number of nitrogens with zero attached hydrogens (tertiary/aromatic N) is 1. The Morgan fingerprint density at radius 2 is 1.86 bits per heavy atom. The number of hydrogen-bond acceptors (Lipinski definition) is 3. The molecule has 0 amide bonds. The number of benzene rings is 1. The lowest BCUT2D eigenvalue weighted by atomic mass is 9.98. The van der Waals surface area contributed by atoms with Crippen LogP contribution in [0.2, 0.25) is 0 Å². The van der Waals surface area contributed by atoms with Crippen LogP contribution in [0.15, 0.2) is 18.2 Å². The van der Waals surface area contributed by atoms with Crippen LogP contribution in [0.1, 0.15) is 24.4 Å². The lowest BCUT2D eigenvalue weighted by molar-refractivity contribution is -0.138. The molecule has 22 heavy (non-hydrogen) atoms. The van der Waals surface area contributed by atoms with Crippen molar-refractivity contribution >= 4 is 12.4 Å². The highest BCUT2D eigenvalue weighted by Gasteiger charge is 2.32. The SMILES string of the molecule is Cl.Oc1c(F)cccc1[C@@H](CCC(F)(F)F)N1CCNCC1. The summed E-state index contributed by atoms with van der Waals surface area (Å²) < 4.78 is 51.0. The molecule has 126 valence electrons. The Morgan fingerprint density at radius 1 is 1.23 bits per heavy atom. The number of rotatable bonds is 4. The minimum Gasteiger partial charge on any atom is -0.505 e. The number of phenols is 1. The molecule has 8 heteroatoms. The summed E-state index contributed by atoms with van der Waals surface area (Å²) in [6, 6.07) is 3.36. The van der Waals surface area contributed by atoms with E-state index in [-0.39, 0.29) is 24.4 Å². The molecule has 1 aliphatic rings. The minimum absolute atomic E-state index is 0. The molecule has 0 aromatic heterocycles. The second-order valence-electron chi connectivity index (χ2n) is 5.13. The van der Waals surface area contributed by atoms with E-state index in [1.165, 1.54) is 12.1 Å². The molecular weight excluding hydrogens is 324 g/mol. The fourth-order valence-electron chi connectivity index (χ4n) is 2.63. The van der Waals surface area contributed by atoms with Crippen LogP contribution in [-0.2, 0) is 0 Å². The third-order valence-corrected chi connectivity index (χ3v) is 3.67. The maximum absolute atomic E-state index is 13.5. The summed E-state index contributed by atoms with van der Waals surface area (Å²) in [6.45, 7) is 2.47. The van der Waals surface area contributed by atoms with Crippen molar-refractivity contribution in [2.24, 2.45) is 0 Å². The molecular formula is C14H19ClF4N2O. The number of nitrogens with one attached hydrogen (secondary N) is 1. The van der Waals surface area contributed by atoms with E-state index in [1.807, 2.05) is 4.90 Å². The van der Waals surface area contributed by atoms with Crippen molar-refractivity contribution in [1.29, 1.82) is 0 Å². The molecule has 1 heterocycles. The summed E-state index contributed by atoms with van der Waals surface area (Å²) in [5, 5.41) is 12.9. The number of hydrogen-bond donors (Lipinski definition) is 2. The van der Waals surface area contributed by atoms with E-state index in [1.54, 1.807) is 0 Å². The maximum Gasteiger partial charge on any atom is 0.389 e. The molecule has 1 saturated heterocycles. The van der Waals surface area contributed by atoms with E-state index in [0.29, 0.717) is 26.2 Å². The van der Waals surface area contributed by atoms with Gasteiger partial charge in [0.25, 0.3) is 0 Å². The minimum atomic E-state index is -4.27. The molecule has 1 aromatic rings. The van der Waals surface area contributed by atoms with Crippen molar-refractivity contribution in [2.75, 3.05) is 26.2 Å². The van der Waals surface area contributed by atoms with E-state index in [4.69, 9.17) is 0 Å². The Bertz CT molecular complexity index is 478. The fourth-order valence-corrected chi connectivity index (χ4v) is 2.63. The lowest BCUT2D eigenvalue weighted by Gasteiger charge is -2.35. The first-order valence-corrected chi connectivity index (χ1v) is 6.87. The van der Waals surface area contributed by atoms with E-state index in [0.717, 1.165) is 6.07 Å². The van der Waals surface area contributed by atoms with Gasteiger partial charge in [-0.15, -0.1) is 12.4 Å². The number of para-hydroxylation sites is 1. The van der Waals surface area contributed by atoms with Crippen molar-refractivity contribution in [3.05, 3.63) is 29.6 Å². The number of alkyl halides is 3. The van der Waals surface area contributed by atoms with Crippen LogP contribution in [0, 0.1) is 5.82 Å². The van der Waals surface area contributed by atoms with Crippen LogP contribution in [0.4, 0.5) is 17.6 Å². The summed E-state index contributed by atoms with van der Waals surface area (Å²) >= 11 is 0. The summed E-state index contributed by atoms with van der Waals surface area (Å²) in [7, 11) is 0. The van der Waals surface area contributed by atoms with Crippen LogP contribution in [-0.4, -0.2) is 42.4 Å². The highest BCUT2D eigenvalue weighted by molar-refractivity contribution is 5.85. The van der Waals surface area contributed by atoms with Gasteiger partial charge < -0.3 is 10.4 Å². The summed E-state index contributed by atoms with van der Waals surface area (Å²) in [6.07, 6.45) is -5.42. The maximum atomic E-state index is 13.5. The van der Waals surface area contributed by atoms with Gasteiger partial charge in [0.05, 0.1) is 0 Å². The van der Waals surface area contributed by atoms with Gasteiger partial charge in [0, 0.05) is 44.2 Å². The van der Waals surface area contributed by atoms with Gasteiger partial charge in [-0.3, -0.25) is 4.90 Å². The van der Waals surface area contributed by atoms with E-state index in [9.17, 15) is 22.7 Å². The second kappa shape index (κ2) is 7.99. The molecule has 1 aliphatic heterocycles. The van der Waals surface area contributed by atoms with Crippen LogP contribution in [0.25, 0.3) is 0 Å². The average Bonchev–Trinajstić information content (AvgIpc) is 2.43. The van der Waals surface area contributed by atoms with Crippen molar-refractivity contribution in [3.8, 4) is 5.75 Å². The van der Waals surface area contributed by atoms with Crippen LogP contribution >= 0.6 is 12.4 Å².